The van der Waals surface area contributed by atoms with Crippen molar-refractivity contribution in [1.82, 2.24) is 9.97 Å². The summed E-state index contributed by atoms with van der Waals surface area (Å²) in [6, 6.07) is 26.5. The molecule has 0 N–H and O–H groups in total. The number of aromatic nitrogens is 2. The molecule has 1 fully saturated rings. The minimum Gasteiger partial charge on any atom is -0.497 e. The third-order valence-electron chi connectivity index (χ3n) is 6.45. The van der Waals surface area contributed by atoms with Crippen molar-refractivity contribution >= 4 is 46.0 Å². The van der Waals surface area contributed by atoms with Crippen molar-refractivity contribution in [2.24, 2.45) is 0 Å². The van der Waals surface area contributed by atoms with Crippen LogP contribution in [0.15, 0.2) is 84.2 Å². The fraction of sp³-hybridized carbons (Fsp3) is 0.167. The molecule has 38 heavy (non-hydrogen) atoms. The second-order valence-corrected chi connectivity index (χ2v) is 12.0. The molecule has 190 valence electrons. The van der Waals surface area contributed by atoms with Crippen molar-refractivity contribution in [1.29, 1.82) is 0 Å². The molecular formula is C30H25N3O2S3. The van der Waals surface area contributed by atoms with E-state index in [0.29, 0.717) is 5.75 Å². The molecule has 8 heteroatoms. The van der Waals surface area contributed by atoms with Gasteiger partial charge in [-0.1, -0.05) is 54.6 Å². The minimum atomic E-state index is -0.0707. The van der Waals surface area contributed by atoms with Crippen LogP contribution in [0, 0.1) is 6.92 Å². The molecule has 5 nitrogen and oxygen atoms in total. The maximum absolute atomic E-state index is 13.0. The first-order chi connectivity index (χ1) is 18.6. The zero-order chi connectivity index (χ0) is 26.1. The molecule has 0 spiro atoms. The molecule has 1 unspecified atom stereocenters. The average molecular weight is 556 g/mol. The number of hydrogen-bond donors (Lipinski definition) is 0. The number of methoxy groups -OCH3 is 1. The Bertz CT molecular complexity index is 1560. The van der Waals surface area contributed by atoms with Gasteiger partial charge in [-0.15, -0.1) is 34.4 Å². The predicted molar refractivity (Wildman–Crippen MR) is 158 cm³/mol. The highest BCUT2D eigenvalue weighted by Gasteiger charge is 2.36. The highest BCUT2D eigenvalue weighted by molar-refractivity contribution is 8.01. The number of amides is 1. The molecule has 1 saturated heterocycles. The van der Waals surface area contributed by atoms with Crippen LogP contribution in [0.4, 0.5) is 5.69 Å². The van der Waals surface area contributed by atoms with Crippen molar-refractivity contribution in [3.63, 3.8) is 0 Å². The van der Waals surface area contributed by atoms with Gasteiger partial charge in [-0.2, -0.15) is 0 Å². The molecule has 6 rings (SSSR count). The van der Waals surface area contributed by atoms with E-state index < -0.39 is 0 Å². The lowest BCUT2D eigenvalue weighted by atomic mass is 10.1. The fourth-order valence-corrected chi connectivity index (χ4v) is 7.85. The van der Waals surface area contributed by atoms with Crippen LogP contribution >= 0.6 is 34.4 Å². The maximum Gasteiger partial charge on any atom is 0.238 e. The molecule has 0 aliphatic carbocycles. The topological polar surface area (TPSA) is 55.3 Å². The van der Waals surface area contributed by atoms with E-state index in [1.165, 1.54) is 5.56 Å². The zero-order valence-corrected chi connectivity index (χ0v) is 23.4. The number of aryl methyl sites for hydroxylation is 1. The van der Waals surface area contributed by atoms with Crippen LogP contribution in [0.2, 0.25) is 0 Å². The number of rotatable bonds is 7. The van der Waals surface area contributed by atoms with Crippen LogP contribution in [-0.2, 0) is 11.2 Å². The molecule has 1 amide bonds. The summed E-state index contributed by atoms with van der Waals surface area (Å²) >= 11 is 5.00. The number of thiazole rings is 2. The number of ether oxygens (including phenoxy) is 1. The average Bonchev–Trinajstić information content (AvgIpc) is 3.68. The van der Waals surface area contributed by atoms with Gasteiger partial charge in [0, 0.05) is 28.6 Å². The van der Waals surface area contributed by atoms with E-state index in [1.54, 1.807) is 41.5 Å². The van der Waals surface area contributed by atoms with Gasteiger partial charge in [0.1, 0.15) is 16.1 Å². The van der Waals surface area contributed by atoms with Crippen LogP contribution in [0.25, 0.3) is 21.8 Å². The van der Waals surface area contributed by atoms with Crippen LogP contribution in [0.3, 0.4) is 0 Å². The Hall–Kier alpha value is -3.46. The molecule has 0 saturated carbocycles. The fourth-order valence-electron chi connectivity index (χ4n) is 4.47. The van der Waals surface area contributed by atoms with E-state index in [0.717, 1.165) is 55.3 Å². The summed E-state index contributed by atoms with van der Waals surface area (Å²) in [6.07, 6.45) is 0.785. The smallest absolute Gasteiger partial charge is 0.238 e. The number of hydrogen-bond acceptors (Lipinski definition) is 7. The highest BCUT2D eigenvalue weighted by atomic mass is 32.2. The summed E-state index contributed by atoms with van der Waals surface area (Å²) in [4.78, 5) is 25.7. The molecule has 0 radical (unpaired) electrons. The SMILES string of the molecule is COc1ccc(Cc2nc(-c3ccc(N4C(=O)CSC4c4sc(-c5ccccc5)nc4C)cc3)cs2)cc1. The predicted octanol–water partition coefficient (Wildman–Crippen LogP) is 7.62. The van der Waals surface area contributed by atoms with Gasteiger partial charge in [-0.3, -0.25) is 9.69 Å². The number of anilines is 1. The van der Waals surface area contributed by atoms with Gasteiger partial charge in [0.2, 0.25) is 5.91 Å². The van der Waals surface area contributed by atoms with Gasteiger partial charge in [-0.25, -0.2) is 9.97 Å². The summed E-state index contributed by atoms with van der Waals surface area (Å²) < 4.78 is 5.25. The molecule has 1 atom stereocenters. The Morgan fingerprint density at radius 2 is 1.71 bits per heavy atom. The van der Waals surface area contributed by atoms with Gasteiger partial charge in [0.15, 0.2) is 0 Å². The maximum atomic E-state index is 13.0. The van der Waals surface area contributed by atoms with E-state index in [9.17, 15) is 4.79 Å². The zero-order valence-electron chi connectivity index (χ0n) is 21.0. The van der Waals surface area contributed by atoms with E-state index in [2.05, 4.69) is 41.8 Å². The second-order valence-electron chi connectivity index (χ2n) is 8.96. The summed E-state index contributed by atoms with van der Waals surface area (Å²) in [6.45, 7) is 2.04. The van der Waals surface area contributed by atoms with Crippen LogP contribution in [-0.4, -0.2) is 28.7 Å². The van der Waals surface area contributed by atoms with E-state index in [-0.39, 0.29) is 11.3 Å². The third kappa shape index (κ3) is 4.99. The number of carbonyl (C=O) groups is 1. The van der Waals surface area contributed by atoms with Crippen molar-refractivity contribution in [2.45, 2.75) is 18.7 Å². The van der Waals surface area contributed by atoms with Crippen molar-refractivity contribution < 1.29 is 9.53 Å². The van der Waals surface area contributed by atoms with Gasteiger partial charge in [0.05, 0.1) is 34.1 Å². The molecule has 3 aromatic carbocycles. The first-order valence-electron chi connectivity index (χ1n) is 12.2. The molecule has 1 aliphatic heterocycles. The molecule has 2 aromatic heterocycles. The lowest BCUT2D eigenvalue weighted by Gasteiger charge is -2.23. The van der Waals surface area contributed by atoms with E-state index in [4.69, 9.17) is 14.7 Å². The third-order valence-corrected chi connectivity index (χ3v) is 9.89. The van der Waals surface area contributed by atoms with Crippen LogP contribution < -0.4 is 9.64 Å². The molecule has 1 aliphatic rings. The molecule has 5 aromatic rings. The first-order valence-corrected chi connectivity index (χ1v) is 15.0. The largest absolute Gasteiger partial charge is 0.497 e. The summed E-state index contributed by atoms with van der Waals surface area (Å²) in [5.41, 5.74) is 6.18. The van der Waals surface area contributed by atoms with Crippen molar-refractivity contribution in [3.05, 3.63) is 105 Å². The van der Waals surface area contributed by atoms with Crippen molar-refractivity contribution in [3.8, 4) is 27.6 Å². The minimum absolute atomic E-state index is 0.0707. The number of nitrogens with zero attached hydrogens (tertiary/aromatic N) is 3. The number of thioether (sulfide) groups is 1. The number of benzene rings is 3. The second kappa shape index (κ2) is 10.7. The van der Waals surface area contributed by atoms with Crippen LogP contribution in [0.5, 0.6) is 5.75 Å². The van der Waals surface area contributed by atoms with Gasteiger partial charge < -0.3 is 4.74 Å². The summed E-state index contributed by atoms with van der Waals surface area (Å²) in [5, 5.41) is 4.08. The highest BCUT2D eigenvalue weighted by Crippen LogP contribution is 2.46. The lowest BCUT2D eigenvalue weighted by Crippen LogP contribution is -2.27. The van der Waals surface area contributed by atoms with E-state index in [1.807, 2.05) is 54.3 Å². The molecule has 0 bridgehead atoms. The molecule has 3 heterocycles. The Kier molecular flexibility index (Phi) is 7.02. The quantitative estimate of drug-likeness (QED) is 0.207. The van der Waals surface area contributed by atoms with Gasteiger partial charge >= 0.3 is 0 Å². The standard InChI is InChI=1S/C30H25N3O2S3/c1-19-28(38-29(31-19)22-6-4-3-5-7-22)30-33(27(34)18-37-30)23-12-10-21(11-13-23)25-17-36-26(32-25)16-20-8-14-24(35-2)15-9-20/h3-15,17,30H,16,18H2,1-2H3. The Labute approximate surface area is 234 Å². The lowest BCUT2D eigenvalue weighted by molar-refractivity contribution is -0.115. The Morgan fingerprint density at radius 3 is 2.45 bits per heavy atom. The normalized spacial score (nSPS) is 15.3. The van der Waals surface area contributed by atoms with Gasteiger partial charge in [0.25, 0.3) is 0 Å². The van der Waals surface area contributed by atoms with Gasteiger partial charge in [-0.05, 0) is 36.8 Å². The van der Waals surface area contributed by atoms with Crippen molar-refractivity contribution in [2.75, 3.05) is 17.8 Å². The Balaban J connectivity index is 1.21. The summed E-state index contributed by atoms with van der Waals surface area (Å²) in [7, 11) is 1.67. The Morgan fingerprint density at radius 1 is 0.947 bits per heavy atom. The van der Waals surface area contributed by atoms with E-state index >= 15 is 0 Å². The van der Waals surface area contributed by atoms with Crippen LogP contribution in [0.1, 0.15) is 26.5 Å². The summed E-state index contributed by atoms with van der Waals surface area (Å²) in [5.74, 6) is 1.44. The number of carbonyl (C=O) groups excluding carboxylic acids is 1. The first kappa shape index (κ1) is 24.9. The monoisotopic (exact) mass is 555 g/mol. The molecular weight excluding hydrogens is 531 g/mol.